The van der Waals surface area contributed by atoms with Crippen LogP contribution in [0.15, 0.2) is 71.8 Å². The lowest BCUT2D eigenvalue weighted by Crippen LogP contribution is -2.18. The van der Waals surface area contributed by atoms with Gasteiger partial charge in [-0.25, -0.2) is 5.43 Å². The number of hydrogen-bond acceptors (Lipinski definition) is 4. The summed E-state index contributed by atoms with van der Waals surface area (Å²) in [7, 11) is 0. The molecule has 0 atom stereocenters. The first-order chi connectivity index (χ1) is 14.5. The molecule has 0 unspecified atom stereocenters. The van der Waals surface area contributed by atoms with Crippen molar-refractivity contribution < 1.29 is 9.90 Å². The van der Waals surface area contributed by atoms with Gasteiger partial charge in [0.15, 0.2) is 0 Å². The number of nitrogens with zero attached hydrogens (tertiary/aromatic N) is 3. The standard InChI is InChI=1S/C24H22N4O2/c1-16-12-17(2)28(27-16)15-18-6-5-8-20(13-18)24(30)26-25-14-22-21-9-4-3-7-19(21)10-11-23(22)29/h3-14,29H,15H2,1-2H3,(H,26,30). The molecule has 0 fully saturated rings. The number of hydrazone groups is 1. The van der Waals surface area contributed by atoms with E-state index in [4.69, 9.17) is 0 Å². The lowest BCUT2D eigenvalue weighted by Gasteiger charge is -2.07. The number of hydrogen-bond donors (Lipinski definition) is 2. The summed E-state index contributed by atoms with van der Waals surface area (Å²) in [4.78, 5) is 12.5. The smallest absolute Gasteiger partial charge is 0.271 e. The fraction of sp³-hybridized carbons (Fsp3) is 0.125. The Hall–Kier alpha value is -3.93. The molecule has 30 heavy (non-hydrogen) atoms. The SMILES string of the molecule is Cc1cc(C)n(Cc2cccc(C(=O)NN=Cc3c(O)ccc4ccccc34)c2)n1. The molecule has 4 aromatic rings. The summed E-state index contributed by atoms with van der Waals surface area (Å²) < 4.78 is 1.91. The molecule has 0 aliphatic carbocycles. The van der Waals surface area contributed by atoms with Crippen molar-refractivity contribution in [3.63, 3.8) is 0 Å². The van der Waals surface area contributed by atoms with Crippen molar-refractivity contribution in [3.05, 3.63) is 94.8 Å². The summed E-state index contributed by atoms with van der Waals surface area (Å²) in [5.41, 5.74) is 6.63. The molecular formula is C24H22N4O2. The van der Waals surface area contributed by atoms with Gasteiger partial charge in [-0.05, 0) is 54.4 Å². The Bertz CT molecular complexity index is 1260. The van der Waals surface area contributed by atoms with Crippen LogP contribution in [0.2, 0.25) is 0 Å². The number of phenolic OH excluding ortho intramolecular Hbond substituents is 1. The lowest BCUT2D eigenvalue weighted by atomic mass is 10.0. The minimum absolute atomic E-state index is 0.110. The molecule has 4 rings (SSSR count). The number of benzene rings is 3. The van der Waals surface area contributed by atoms with Crippen molar-refractivity contribution in [2.24, 2.45) is 5.10 Å². The molecule has 1 aromatic heterocycles. The third-order valence-corrected chi connectivity index (χ3v) is 4.93. The van der Waals surface area contributed by atoms with Crippen LogP contribution in [0, 0.1) is 13.8 Å². The monoisotopic (exact) mass is 398 g/mol. The number of aromatic hydroxyl groups is 1. The van der Waals surface area contributed by atoms with Gasteiger partial charge in [0.2, 0.25) is 0 Å². The van der Waals surface area contributed by atoms with E-state index in [-0.39, 0.29) is 11.7 Å². The van der Waals surface area contributed by atoms with Crippen LogP contribution in [0.3, 0.4) is 0 Å². The Morgan fingerprint density at radius 3 is 2.73 bits per heavy atom. The van der Waals surface area contributed by atoms with E-state index in [2.05, 4.69) is 15.6 Å². The first kappa shape index (κ1) is 19.4. The van der Waals surface area contributed by atoms with Crippen molar-refractivity contribution >= 4 is 22.9 Å². The maximum Gasteiger partial charge on any atom is 0.271 e. The minimum Gasteiger partial charge on any atom is -0.507 e. The summed E-state index contributed by atoms with van der Waals surface area (Å²) in [5, 5.41) is 20.6. The van der Waals surface area contributed by atoms with Crippen molar-refractivity contribution in [1.82, 2.24) is 15.2 Å². The van der Waals surface area contributed by atoms with Crippen molar-refractivity contribution in [2.75, 3.05) is 0 Å². The van der Waals surface area contributed by atoms with E-state index < -0.39 is 0 Å². The summed E-state index contributed by atoms with van der Waals surface area (Å²) in [6, 6.07) is 20.5. The molecule has 0 saturated carbocycles. The molecule has 0 spiro atoms. The van der Waals surface area contributed by atoms with E-state index in [1.807, 2.05) is 73.1 Å². The Morgan fingerprint density at radius 1 is 1.10 bits per heavy atom. The number of rotatable bonds is 5. The van der Waals surface area contributed by atoms with Gasteiger partial charge in [-0.1, -0.05) is 42.5 Å². The molecule has 0 radical (unpaired) electrons. The number of carbonyl (C=O) groups is 1. The fourth-order valence-electron chi connectivity index (χ4n) is 3.46. The van der Waals surface area contributed by atoms with Crippen LogP contribution in [0.4, 0.5) is 0 Å². The molecular weight excluding hydrogens is 376 g/mol. The number of aryl methyl sites for hydroxylation is 2. The number of fused-ring (bicyclic) bond motifs is 1. The highest BCUT2D eigenvalue weighted by Crippen LogP contribution is 2.25. The highest BCUT2D eigenvalue weighted by Gasteiger charge is 2.08. The van der Waals surface area contributed by atoms with Crippen LogP contribution in [0.1, 0.15) is 32.9 Å². The zero-order valence-corrected chi connectivity index (χ0v) is 16.8. The quantitative estimate of drug-likeness (QED) is 0.391. The van der Waals surface area contributed by atoms with Crippen molar-refractivity contribution in [3.8, 4) is 5.75 Å². The molecule has 3 aromatic carbocycles. The first-order valence-electron chi connectivity index (χ1n) is 9.65. The molecule has 0 aliphatic rings. The van der Waals surface area contributed by atoms with Gasteiger partial charge in [-0.3, -0.25) is 9.48 Å². The highest BCUT2D eigenvalue weighted by molar-refractivity contribution is 6.03. The Labute approximate surface area is 174 Å². The highest BCUT2D eigenvalue weighted by atomic mass is 16.3. The number of phenols is 1. The zero-order valence-electron chi connectivity index (χ0n) is 16.8. The molecule has 2 N–H and O–H groups in total. The molecule has 0 aliphatic heterocycles. The van der Waals surface area contributed by atoms with E-state index in [0.717, 1.165) is 27.7 Å². The van der Waals surface area contributed by atoms with Gasteiger partial charge >= 0.3 is 0 Å². The van der Waals surface area contributed by atoms with Crippen LogP contribution in [0.25, 0.3) is 10.8 Å². The van der Waals surface area contributed by atoms with E-state index in [1.165, 1.54) is 6.21 Å². The van der Waals surface area contributed by atoms with Gasteiger partial charge in [-0.2, -0.15) is 10.2 Å². The van der Waals surface area contributed by atoms with Gasteiger partial charge in [0.05, 0.1) is 18.5 Å². The fourth-order valence-corrected chi connectivity index (χ4v) is 3.46. The maximum absolute atomic E-state index is 12.5. The van der Waals surface area contributed by atoms with Crippen LogP contribution in [0.5, 0.6) is 5.75 Å². The Morgan fingerprint density at radius 2 is 1.93 bits per heavy atom. The van der Waals surface area contributed by atoms with Gasteiger partial charge in [-0.15, -0.1) is 0 Å². The molecule has 6 nitrogen and oxygen atoms in total. The largest absolute Gasteiger partial charge is 0.507 e. The predicted molar refractivity (Wildman–Crippen MR) is 118 cm³/mol. The number of amides is 1. The normalized spacial score (nSPS) is 11.3. The average molecular weight is 398 g/mol. The van der Waals surface area contributed by atoms with Gasteiger partial charge in [0.25, 0.3) is 5.91 Å². The van der Waals surface area contributed by atoms with Crippen molar-refractivity contribution in [1.29, 1.82) is 0 Å². The first-order valence-corrected chi connectivity index (χ1v) is 9.65. The van der Waals surface area contributed by atoms with Crippen molar-refractivity contribution in [2.45, 2.75) is 20.4 Å². The lowest BCUT2D eigenvalue weighted by molar-refractivity contribution is 0.0955. The number of aromatic nitrogens is 2. The summed E-state index contributed by atoms with van der Waals surface area (Å²) in [6.45, 7) is 4.56. The third kappa shape index (κ3) is 4.07. The predicted octanol–water partition coefficient (Wildman–Crippen LogP) is 4.17. The molecule has 6 heteroatoms. The molecule has 1 amide bonds. The van der Waals surface area contributed by atoms with E-state index in [9.17, 15) is 9.90 Å². The number of carbonyl (C=O) groups excluding carboxylic acids is 1. The summed E-state index contributed by atoms with van der Waals surface area (Å²) in [5.74, 6) is -0.209. The second-order valence-corrected chi connectivity index (χ2v) is 7.20. The minimum atomic E-state index is -0.318. The van der Waals surface area contributed by atoms with Gasteiger partial charge in [0.1, 0.15) is 5.75 Å². The summed E-state index contributed by atoms with van der Waals surface area (Å²) >= 11 is 0. The topological polar surface area (TPSA) is 79.5 Å². The number of nitrogens with one attached hydrogen (secondary N) is 1. The van der Waals surface area contributed by atoms with E-state index >= 15 is 0 Å². The van der Waals surface area contributed by atoms with Crippen LogP contribution in [-0.4, -0.2) is 27.0 Å². The van der Waals surface area contributed by atoms with Crippen LogP contribution in [-0.2, 0) is 6.54 Å². The molecule has 150 valence electrons. The zero-order chi connectivity index (χ0) is 21.1. The maximum atomic E-state index is 12.5. The second-order valence-electron chi connectivity index (χ2n) is 7.20. The van der Waals surface area contributed by atoms with E-state index in [0.29, 0.717) is 17.7 Å². The third-order valence-electron chi connectivity index (χ3n) is 4.93. The molecule has 0 saturated heterocycles. The Kier molecular flexibility index (Phi) is 5.30. The average Bonchev–Trinajstić information content (AvgIpc) is 3.06. The van der Waals surface area contributed by atoms with E-state index in [1.54, 1.807) is 12.1 Å². The van der Waals surface area contributed by atoms with Gasteiger partial charge < -0.3 is 5.11 Å². The van der Waals surface area contributed by atoms with Crippen LogP contribution >= 0.6 is 0 Å². The second kappa shape index (κ2) is 8.21. The molecule has 0 bridgehead atoms. The van der Waals surface area contributed by atoms with Crippen LogP contribution < -0.4 is 5.43 Å². The Balaban J connectivity index is 1.50. The van der Waals surface area contributed by atoms with Gasteiger partial charge in [0, 0.05) is 16.8 Å². The molecule has 1 heterocycles. The summed E-state index contributed by atoms with van der Waals surface area (Å²) in [6.07, 6.45) is 1.47.